The van der Waals surface area contributed by atoms with Crippen LogP contribution in [-0.4, -0.2) is 76.3 Å². The van der Waals surface area contributed by atoms with Crippen LogP contribution >= 0.6 is 11.6 Å². The topological polar surface area (TPSA) is 107 Å². The minimum absolute atomic E-state index is 0.00940. The minimum Gasteiger partial charge on any atom is -0.434 e. The summed E-state index contributed by atoms with van der Waals surface area (Å²) in [7, 11) is 0. The van der Waals surface area contributed by atoms with Crippen molar-refractivity contribution >= 4 is 29.1 Å². The number of carbonyl (C=O) groups excluding carboxylic acids is 2. The van der Waals surface area contributed by atoms with Crippen LogP contribution in [0.15, 0.2) is 66.7 Å². The zero-order valence-corrected chi connectivity index (χ0v) is 23.5. The fraction of sp³-hybridized carbons (Fsp3) is 0.267. The first-order valence-corrected chi connectivity index (χ1v) is 14.1. The maximum atomic E-state index is 14.0. The number of nitrogens with zero attached hydrogens (tertiary/aromatic N) is 5. The SMILES string of the molecule is O=C(NCCN1CCN(Cc2ccccc2)CC1)c1ccc2c(c1)N(Cc1cc(F)ccc1Cl)C(=O)c1[nH]nnc1O2. The highest BCUT2D eigenvalue weighted by Crippen LogP contribution is 2.39. The van der Waals surface area contributed by atoms with Crippen LogP contribution in [0.5, 0.6) is 11.6 Å². The van der Waals surface area contributed by atoms with Gasteiger partial charge in [0.2, 0.25) is 0 Å². The van der Waals surface area contributed by atoms with E-state index >= 15 is 0 Å². The number of anilines is 1. The maximum absolute atomic E-state index is 14.0. The van der Waals surface area contributed by atoms with Crippen molar-refractivity contribution in [1.29, 1.82) is 0 Å². The summed E-state index contributed by atoms with van der Waals surface area (Å²) in [6.45, 7) is 5.89. The molecule has 10 nitrogen and oxygen atoms in total. The van der Waals surface area contributed by atoms with Gasteiger partial charge in [-0.2, -0.15) is 0 Å². The molecule has 1 saturated heterocycles. The summed E-state index contributed by atoms with van der Waals surface area (Å²) < 4.78 is 19.9. The smallest absolute Gasteiger partial charge is 0.282 e. The predicted octanol–water partition coefficient (Wildman–Crippen LogP) is 4.10. The normalized spacial score (nSPS) is 15.5. The molecular formula is C30H29ClFN7O3. The van der Waals surface area contributed by atoms with Crippen molar-refractivity contribution in [2.24, 2.45) is 0 Å². The fourth-order valence-electron chi connectivity index (χ4n) is 5.17. The summed E-state index contributed by atoms with van der Waals surface area (Å²) in [5.74, 6) is -0.955. The molecule has 3 heterocycles. The third-order valence-electron chi connectivity index (χ3n) is 7.46. The van der Waals surface area contributed by atoms with Crippen molar-refractivity contribution in [3.63, 3.8) is 0 Å². The standard InChI is InChI=1S/C30H29ClFN7O3/c31-24-8-7-23(32)16-22(24)19-39-25-17-21(6-9-26(25)42-29-27(30(39)41)34-36-35-29)28(40)33-10-11-37-12-14-38(15-13-37)18-20-4-2-1-3-5-20/h1-9,16-17H,10-15,18-19H2,(H,33,40)(H,34,35,36). The van der Waals surface area contributed by atoms with Gasteiger partial charge in [0, 0.05) is 56.4 Å². The van der Waals surface area contributed by atoms with Gasteiger partial charge in [0.25, 0.3) is 17.7 Å². The van der Waals surface area contributed by atoms with E-state index in [-0.39, 0.29) is 24.0 Å². The van der Waals surface area contributed by atoms with Gasteiger partial charge >= 0.3 is 0 Å². The van der Waals surface area contributed by atoms with Gasteiger partial charge < -0.3 is 10.1 Å². The highest BCUT2D eigenvalue weighted by atomic mass is 35.5. The first-order valence-electron chi connectivity index (χ1n) is 13.7. The number of hydrogen-bond acceptors (Lipinski definition) is 7. The van der Waals surface area contributed by atoms with E-state index in [4.69, 9.17) is 16.3 Å². The van der Waals surface area contributed by atoms with E-state index in [0.29, 0.717) is 34.1 Å². The molecule has 2 aliphatic heterocycles. The number of H-pyrrole nitrogens is 1. The number of carbonyl (C=O) groups is 2. The van der Waals surface area contributed by atoms with Gasteiger partial charge in [-0.1, -0.05) is 52.2 Å². The van der Waals surface area contributed by atoms with E-state index in [1.54, 1.807) is 18.2 Å². The molecule has 0 unspecified atom stereocenters. The number of nitrogens with one attached hydrogen (secondary N) is 2. The lowest BCUT2D eigenvalue weighted by molar-refractivity contribution is 0.0932. The number of rotatable bonds is 8. The molecule has 42 heavy (non-hydrogen) atoms. The third kappa shape index (κ3) is 6.13. The quantitative estimate of drug-likeness (QED) is 0.319. The predicted molar refractivity (Wildman–Crippen MR) is 155 cm³/mol. The average Bonchev–Trinajstić information content (AvgIpc) is 3.43. The van der Waals surface area contributed by atoms with Crippen LogP contribution in [0.4, 0.5) is 10.1 Å². The molecule has 0 spiro atoms. The number of aromatic nitrogens is 3. The summed E-state index contributed by atoms with van der Waals surface area (Å²) in [6.07, 6.45) is 0. The highest BCUT2D eigenvalue weighted by molar-refractivity contribution is 6.31. The molecule has 2 amide bonds. The molecule has 3 aromatic carbocycles. The lowest BCUT2D eigenvalue weighted by atomic mass is 10.1. The molecule has 6 rings (SSSR count). The Morgan fingerprint density at radius 3 is 2.60 bits per heavy atom. The molecule has 0 radical (unpaired) electrons. The van der Waals surface area contributed by atoms with Gasteiger partial charge in [0.05, 0.1) is 12.2 Å². The van der Waals surface area contributed by atoms with E-state index in [1.807, 2.05) is 6.07 Å². The fourth-order valence-corrected chi connectivity index (χ4v) is 5.34. The van der Waals surface area contributed by atoms with Crippen molar-refractivity contribution in [2.45, 2.75) is 13.1 Å². The molecule has 0 atom stereocenters. The first kappa shape index (κ1) is 27.8. The Bertz CT molecular complexity index is 1590. The van der Waals surface area contributed by atoms with Gasteiger partial charge in [-0.3, -0.25) is 24.3 Å². The number of piperazine rings is 1. The van der Waals surface area contributed by atoms with Crippen molar-refractivity contribution in [2.75, 3.05) is 44.2 Å². The Morgan fingerprint density at radius 2 is 1.79 bits per heavy atom. The van der Waals surface area contributed by atoms with Gasteiger partial charge in [-0.25, -0.2) is 9.49 Å². The maximum Gasteiger partial charge on any atom is 0.282 e. The summed E-state index contributed by atoms with van der Waals surface area (Å²) >= 11 is 6.32. The zero-order chi connectivity index (χ0) is 29.1. The van der Waals surface area contributed by atoms with Crippen LogP contribution < -0.4 is 15.0 Å². The summed E-state index contributed by atoms with van der Waals surface area (Å²) in [6, 6.07) is 19.2. The monoisotopic (exact) mass is 589 g/mol. The van der Waals surface area contributed by atoms with Crippen molar-refractivity contribution < 1.29 is 18.7 Å². The van der Waals surface area contributed by atoms with Crippen LogP contribution in [0.1, 0.15) is 32.0 Å². The van der Waals surface area contributed by atoms with E-state index in [1.165, 1.54) is 28.7 Å². The molecule has 2 N–H and O–H groups in total. The van der Waals surface area contributed by atoms with Gasteiger partial charge in [-0.15, -0.1) is 0 Å². The van der Waals surface area contributed by atoms with E-state index in [0.717, 1.165) is 39.3 Å². The van der Waals surface area contributed by atoms with Crippen molar-refractivity contribution in [1.82, 2.24) is 30.5 Å². The van der Waals surface area contributed by atoms with Crippen LogP contribution in [0, 0.1) is 5.82 Å². The number of benzene rings is 3. The van der Waals surface area contributed by atoms with E-state index in [2.05, 4.69) is 54.8 Å². The molecule has 0 bridgehead atoms. The molecule has 12 heteroatoms. The van der Waals surface area contributed by atoms with Gasteiger partial charge in [0.15, 0.2) is 11.4 Å². The lowest BCUT2D eigenvalue weighted by Crippen LogP contribution is -2.48. The third-order valence-corrected chi connectivity index (χ3v) is 7.83. The Hall–Kier alpha value is -4.32. The van der Waals surface area contributed by atoms with Crippen LogP contribution in [0.25, 0.3) is 0 Å². The van der Waals surface area contributed by atoms with Crippen molar-refractivity contribution in [3.8, 4) is 11.6 Å². The summed E-state index contributed by atoms with van der Waals surface area (Å²) in [5.41, 5.74) is 2.42. The second-order valence-electron chi connectivity index (χ2n) is 10.3. The molecule has 4 aromatic rings. The van der Waals surface area contributed by atoms with Crippen LogP contribution in [0.3, 0.4) is 0 Å². The van der Waals surface area contributed by atoms with Crippen molar-refractivity contribution in [3.05, 3.63) is 100.0 Å². The summed E-state index contributed by atoms with van der Waals surface area (Å²) in [5, 5.41) is 13.4. The lowest BCUT2D eigenvalue weighted by Gasteiger charge is -2.34. The molecule has 1 aromatic heterocycles. The Kier molecular flexibility index (Phi) is 8.13. The van der Waals surface area contributed by atoms with Crippen LogP contribution in [-0.2, 0) is 13.1 Å². The molecule has 0 saturated carbocycles. The number of fused-ring (bicyclic) bond motifs is 2. The molecule has 0 aliphatic carbocycles. The summed E-state index contributed by atoms with van der Waals surface area (Å²) in [4.78, 5) is 32.8. The molecular weight excluding hydrogens is 561 g/mol. The molecule has 216 valence electrons. The number of amides is 2. The first-order chi connectivity index (χ1) is 20.4. The highest BCUT2D eigenvalue weighted by Gasteiger charge is 2.32. The number of aromatic amines is 1. The minimum atomic E-state index is -0.502. The number of halogens is 2. The van der Waals surface area contributed by atoms with Gasteiger partial charge in [0.1, 0.15) is 5.82 Å². The zero-order valence-electron chi connectivity index (χ0n) is 22.7. The average molecular weight is 590 g/mol. The second-order valence-corrected chi connectivity index (χ2v) is 10.7. The van der Waals surface area contributed by atoms with Crippen LogP contribution in [0.2, 0.25) is 5.02 Å². The Labute approximate surface area is 247 Å². The molecule has 1 fully saturated rings. The Morgan fingerprint density at radius 1 is 1.00 bits per heavy atom. The second kappa shape index (κ2) is 12.3. The Balaban J connectivity index is 1.11. The molecule has 2 aliphatic rings. The van der Waals surface area contributed by atoms with Gasteiger partial charge in [-0.05, 0) is 47.5 Å². The van der Waals surface area contributed by atoms with E-state index in [9.17, 15) is 14.0 Å². The largest absolute Gasteiger partial charge is 0.434 e. The number of ether oxygens (including phenoxy) is 1. The number of hydrogen-bond donors (Lipinski definition) is 2. The van der Waals surface area contributed by atoms with E-state index < -0.39 is 11.7 Å².